The zero-order valence-electron chi connectivity index (χ0n) is 13.9. The molecule has 1 N–H and O–H groups in total. The number of amides is 1. The monoisotopic (exact) mass is 326 g/mol. The first kappa shape index (κ1) is 15.9. The van der Waals surface area contributed by atoms with Gasteiger partial charge in [0, 0.05) is 24.9 Å². The van der Waals surface area contributed by atoms with Crippen molar-refractivity contribution in [2.75, 3.05) is 7.05 Å². The van der Waals surface area contributed by atoms with Gasteiger partial charge in [-0.1, -0.05) is 25.9 Å². The van der Waals surface area contributed by atoms with E-state index < -0.39 is 0 Å². The van der Waals surface area contributed by atoms with Crippen LogP contribution in [0.3, 0.4) is 0 Å². The molecule has 0 saturated heterocycles. The number of nitrogens with zero attached hydrogens (tertiary/aromatic N) is 5. The van der Waals surface area contributed by atoms with E-state index in [0.29, 0.717) is 23.2 Å². The van der Waals surface area contributed by atoms with Gasteiger partial charge in [0.15, 0.2) is 5.82 Å². The van der Waals surface area contributed by atoms with Gasteiger partial charge in [-0.2, -0.15) is 4.98 Å². The number of rotatable bonds is 3. The number of pyridine rings is 1. The Bertz CT molecular complexity index is 857. The van der Waals surface area contributed by atoms with Gasteiger partial charge in [-0.25, -0.2) is 9.97 Å². The molecule has 8 heteroatoms. The van der Waals surface area contributed by atoms with Crippen LogP contribution in [0.2, 0.25) is 0 Å². The molecular formula is C16H18N6O2. The van der Waals surface area contributed by atoms with Crippen LogP contribution in [0.5, 0.6) is 0 Å². The fourth-order valence-corrected chi connectivity index (χ4v) is 2.00. The summed E-state index contributed by atoms with van der Waals surface area (Å²) < 4.78 is 6.97. The van der Waals surface area contributed by atoms with Crippen molar-refractivity contribution >= 4 is 5.91 Å². The summed E-state index contributed by atoms with van der Waals surface area (Å²) >= 11 is 0. The molecule has 0 aliphatic rings. The minimum atomic E-state index is -0.245. The molecule has 0 aromatic carbocycles. The number of imidazole rings is 1. The van der Waals surface area contributed by atoms with E-state index in [2.05, 4.69) is 25.4 Å². The predicted octanol–water partition coefficient (Wildman–Crippen LogP) is 1.97. The van der Waals surface area contributed by atoms with Crippen LogP contribution in [0.15, 0.2) is 35.4 Å². The minimum absolute atomic E-state index is 0.178. The van der Waals surface area contributed by atoms with Crippen LogP contribution >= 0.6 is 0 Å². The summed E-state index contributed by atoms with van der Waals surface area (Å²) in [6.45, 7) is 6.06. The van der Waals surface area contributed by atoms with E-state index in [1.807, 2.05) is 26.8 Å². The number of aromatic nitrogens is 5. The summed E-state index contributed by atoms with van der Waals surface area (Å²) in [6.07, 6.45) is 4.80. The fourth-order valence-electron chi connectivity index (χ4n) is 2.00. The van der Waals surface area contributed by atoms with Gasteiger partial charge in [-0.05, 0) is 12.1 Å². The SMILES string of the molecule is CNC(=O)c1cn(-c2ccc(-c3nc(C(C)(C)C)no3)cn2)cn1. The van der Waals surface area contributed by atoms with Gasteiger partial charge < -0.3 is 9.84 Å². The maximum atomic E-state index is 11.5. The first-order valence-corrected chi connectivity index (χ1v) is 7.45. The van der Waals surface area contributed by atoms with Crippen molar-refractivity contribution in [1.82, 2.24) is 30.0 Å². The summed E-state index contributed by atoms with van der Waals surface area (Å²) in [7, 11) is 1.56. The zero-order valence-corrected chi connectivity index (χ0v) is 13.9. The van der Waals surface area contributed by atoms with Crippen LogP contribution in [0.25, 0.3) is 17.3 Å². The van der Waals surface area contributed by atoms with Crippen molar-refractivity contribution in [1.29, 1.82) is 0 Å². The molecule has 0 atom stereocenters. The molecule has 0 bridgehead atoms. The molecule has 124 valence electrons. The van der Waals surface area contributed by atoms with Crippen LogP contribution in [0.4, 0.5) is 0 Å². The number of carbonyl (C=O) groups is 1. The van der Waals surface area contributed by atoms with Gasteiger partial charge in [0.05, 0.1) is 5.56 Å². The van der Waals surface area contributed by atoms with Crippen LogP contribution < -0.4 is 5.32 Å². The van der Waals surface area contributed by atoms with E-state index in [1.54, 1.807) is 30.1 Å². The standard InChI is InChI=1S/C16H18N6O2/c1-16(2,3)15-20-14(24-21-15)10-5-6-12(18-7-10)22-8-11(19-9-22)13(23)17-4/h5-9H,1-4H3,(H,17,23). The normalized spacial score (nSPS) is 11.5. The molecule has 3 aromatic rings. The molecule has 0 spiro atoms. The Kier molecular flexibility index (Phi) is 3.88. The van der Waals surface area contributed by atoms with Crippen LogP contribution in [0.1, 0.15) is 37.1 Å². The number of hydrogen-bond acceptors (Lipinski definition) is 6. The van der Waals surface area contributed by atoms with Gasteiger partial charge in [-0.3, -0.25) is 9.36 Å². The lowest BCUT2D eigenvalue weighted by molar-refractivity contribution is 0.0958. The Morgan fingerprint density at radius 2 is 2.04 bits per heavy atom. The van der Waals surface area contributed by atoms with Gasteiger partial charge in [-0.15, -0.1) is 0 Å². The average Bonchev–Trinajstić information content (AvgIpc) is 3.23. The maximum absolute atomic E-state index is 11.5. The molecule has 3 heterocycles. The van der Waals surface area contributed by atoms with E-state index in [-0.39, 0.29) is 11.3 Å². The molecule has 0 aliphatic carbocycles. The van der Waals surface area contributed by atoms with Crippen LogP contribution in [-0.2, 0) is 5.41 Å². The van der Waals surface area contributed by atoms with E-state index in [9.17, 15) is 4.79 Å². The second-order valence-electron chi connectivity index (χ2n) is 6.32. The molecule has 1 amide bonds. The Hall–Kier alpha value is -3.03. The lowest BCUT2D eigenvalue weighted by Gasteiger charge is -2.10. The third kappa shape index (κ3) is 3.03. The first-order valence-electron chi connectivity index (χ1n) is 7.45. The molecule has 0 fully saturated rings. The molecule has 0 radical (unpaired) electrons. The predicted molar refractivity (Wildman–Crippen MR) is 86.7 cm³/mol. The van der Waals surface area contributed by atoms with Crippen molar-refractivity contribution in [2.45, 2.75) is 26.2 Å². The quantitative estimate of drug-likeness (QED) is 0.790. The highest BCUT2D eigenvalue weighted by Crippen LogP contribution is 2.23. The fraction of sp³-hybridized carbons (Fsp3) is 0.312. The highest BCUT2D eigenvalue weighted by Gasteiger charge is 2.21. The number of nitrogens with one attached hydrogen (secondary N) is 1. The molecule has 24 heavy (non-hydrogen) atoms. The molecule has 3 aromatic heterocycles. The molecule has 8 nitrogen and oxygen atoms in total. The van der Waals surface area contributed by atoms with Crippen LogP contribution in [0, 0.1) is 0 Å². The maximum Gasteiger partial charge on any atom is 0.271 e. The summed E-state index contributed by atoms with van der Waals surface area (Å²) in [5.74, 6) is 1.46. The van der Waals surface area contributed by atoms with Crippen molar-refractivity contribution in [3.8, 4) is 17.3 Å². The summed E-state index contributed by atoms with van der Waals surface area (Å²) in [4.78, 5) is 24.4. The second kappa shape index (κ2) is 5.88. The average molecular weight is 326 g/mol. The summed E-state index contributed by atoms with van der Waals surface area (Å²) in [6, 6.07) is 3.63. The Morgan fingerprint density at radius 3 is 2.62 bits per heavy atom. The van der Waals surface area contributed by atoms with Crippen molar-refractivity contribution in [3.63, 3.8) is 0 Å². The zero-order chi connectivity index (χ0) is 17.3. The molecule has 0 unspecified atom stereocenters. The number of hydrogen-bond donors (Lipinski definition) is 1. The summed E-state index contributed by atoms with van der Waals surface area (Å²) in [5, 5.41) is 6.53. The minimum Gasteiger partial charge on any atom is -0.354 e. The van der Waals surface area contributed by atoms with Crippen molar-refractivity contribution < 1.29 is 9.32 Å². The molecule has 0 aliphatic heterocycles. The highest BCUT2D eigenvalue weighted by molar-refractivity contribution is 5.91. The Morgan fingerprint density at radius 1 is 1.25 bits per heavy atom. The van der Waals surface area contributed by atoms with Gasteiger partial charge in [0.2, 0.25) is 0 Å². The molecule has 3 rings (SSSR count). The largest absolute Gasteiger partial charge is 0.354 e. The van der Waals surface area contributed by atoms with Crippen molar-refractivity contribution in [2.24, 2.45) is 0 Å². The highest BCUT2D eigenvalue weighted by atomic mass is 16.5. The molecule has 0 saturated carbocycles. The smallest absolute Gasteiger partial charge is 0.271 e. The lowest BCUT2D eigenvalue weighted by Crippen LogP contribution is -2.17. The molecular weight excluding hydrogens is 308 g/mol. The number of carbonyl (C=O) groups excluding carboxylic acids is 1. The lowest BCUT2D eigenvalue weighted by atomic mass is 9.96. The van der Waals surface area contributed by atoms with Gasteiger partial charge in [0.1, 0.15) is 17.8 Å². The Labute approximate surface area is 138 Å². The topological polar surface area (TPSA) is 98.7 Å². The van der Waals surface area contributed by atoms with E-state index in [1.165, 1.54) is 6.33 Å². The first-order chi connectivity index (χ1) is 11.4. The van der Waals surface area contributed by atoms with E-state index in [4.69, 9.17) is 4.52 Å². The van der Waals surface area contributed by atoms with Gasteiger partial charge in [0.25, 0.3) is 11.8 Å². The van der Waals surface area contributed by atoms with Crippen LogP contribution in [-0.4, -0.2) is 37.6 Å². The second-order valence-corrected chi connectivity index (χ2v) is 6.32. The van der Waals surface area contributed by atoms with E-state index in [0.717, 1.165) is 5.56 Å². The van der Waals surface area contributed by atoms with E-state index >= 15 is 0 Å². The third-order valence-corrected chi connectivity index (χ3v) is 3.40. The van der Waals surface area contributed by atoms with Gasteiger partial charge >= 0.3 is 0 Å². The van der Waals surface area contributed by atoms with Crippen molar-refractivity contribution in [3.05, 3.63) is 42.4 Å². The Balaban J connectivity index is 1.84. The summed E-state index contributed by atoms with van der Waals surface area (Å²) in [5.41, 5.74) is 0.880. The third-order valence-electron chi connectivity index (χ3n) is 3.40.